The van der Waals surface area contributed by atoms with Crippen LogP contribution in [0.4, 0.5) is 0 Å². The monoisotopic (exact) mass is 219 g/mol. The first-order chi connectivity index (χ1) is 8.33. The Morgan fingerprint density at radius 3 is 1.88 bits per heavy atom. The minimum Gasteiger partial charge on any atom is -0.192 e. The van der Waals surface area contributed by atoms with Gasteiger partial charge in [0.25, 0.3) is 0 Å². The van der Waals surface area contributed by atoms with Crippen LogP contribution in [0, 0.1) is 11.3 Å². The molecular weight excluding hydrogens is 206 g/mol. The zero-order chi connectivity index (χ0) is 12.1. The van der Waals surface area contributed by atoms with Gasteiger partial charge in [0.15, 0.2) is 0 Å². The lowest BCUT2D eigenvalue weighted by atomic mass is 10.0. The minimum absolute atomic E-state index is 0.694. The van der Waals surface area contributed by atoms with Crippen molar-refractivity contribution in [3.8, 4) is 17.2 Å². The molecule has 0 radical (unpaired) electrons. The van der Waals surface area contributed by atoms with Crippen molar-refractivity contribution in [1.29, 1.82) is 5.26 Å². The summed E-state index contributed by atoms with van der Waals surface area (Å²) in [6.45, 7) is 2.01. The Balaban J connectivity index is 2.30. The molecule has 0 atom stereocenters. The third kappa shape index (κ3) is 2.62. The second-order valence-corrected chi connectivity index (χ2v) is 3.81. The van der Waals surface area contributed by atoms with Gasteiger partial charge in [0.1, 0.15) is 0 Å². The number of nitrogens with zero attached hydrogens (tertiary/aromatic N) is 1. The summed E-state index contributed by atoms with van der Waals surface area (Å²) in [6, 6.07) is 18.1. The van der Waals surface area contributed by atoms with Crippen LogP contribution in [0.1, 0.15) is 18.1 Å². The molecule has 1 nitrogen and oxygen atoms in total. The third-order valence-electron chi connectivity index (χ3n) is 2.62. The normalized spacial score (nSPS) is 10.4. The molecule has 17 heavy (non-hydrogen) atoms. The van der Waals surface area contributed by atoms with E-state index in [-0.39, 0.29) is 0 Å². The maximum Gasteiger partial charge on any atom is 0.0991 e. The fourth-order valence-electron chi connectivity index (χ4n) is 1.72. The lowest BCUT2D eigenvalue weighted by molar-refractivity contribution is 1.48. The predicted molar refractivity (Wildman–Crippen MR) is 71.3 cm³/mol. The average molecular weight is 219 g/mol. The van der Waals surface area contributed by atoms with Crippen molar-refractivity contribution in [2.45, 2.75) is 6.92 Å². The molecule has 0 aliphatic carbocycles. The van der Waals surface area contributed by atoms with Crippen molar-refractivity contribution in [3.05, 3.63) is 65.7 Å². The van der Waals surface area contributed by atoms with Crippen LogP contribution in [0.15, 0.2) is 54.6 Å². The summed E-state index contributed by atoms with van der Waals surface area (Å²) in [5.74, 6) is 0. The molecule has 0 spiro atoms. The Morgan fingerprint density at radius 2 is 1.41 bits per heavy atom. The quantitative estimate of drug-likeness (QED) is 0.740. The number of hydrogen-bond acceptors (Lipinski definition) is 1. The number of allylic oxidation sites excluding steroid dienone is 1. The van der Waals surface area contributed by atoms with Gasteiger partial charge in [-0.2, -0.15) is 5.26 Å². The SMILES string of the molecule is C/C=C\c1ccc(-c2ccc(C#N)cc2)cc1. The van der Waals surface area contributed by atoms with E-state index in [2.05, 4.69) is 36.4 Å². The molecule has 0 saturated carbocycles. The zero-order valence-corrected chi connectivity index (χ0v) is 9.72. The van der Waals surface area contributed by atoms with Gasteiger partial charge in [-0.3, -0.25) is 0 Å². The molecule has 0 aliphatic rings. The van der Waals surface area contributed by atoms with Crippen molar-refractivity contribution in [3.63, 3.8) is 0 Å². The molecule has 0 heterocycles. The number of benzene rings is 2. The lowest BCUT2D eigenvalue weighted by Gasteiger charge is -2.02. The molecule has 82 valence electrons. The molecule has 0 unspecified atom stereocenters. The van der Waals surface area contributed by atoms with E-state index in [4.69, 9.17) is 5.26 Å². The van der Waals surface area contributed by atoms with Crippen LogP contribution in [0.3, 0.4) is 0 Å². The molecule has 0 fully saturated rings. The smallest absolute Gasteiger partial charge is 0.0991 e. The molecule has 1 heteroatoms. The van der Waals surface area contributed by atoms with Crippen molar-refractivity contribution in [2.75, 3.05) is 0 Å². The first-order valence-electron chi connectivity index (χ1n) is 5.57. The van der Waals surface area contributed by atoms with E-state index in [1.54, 1.807) is 0 Å². The van der Waals surface area contributed by atoms with E-state index >= 15 is 0 Å². The molecule has 0 aromatic heterocycles. The van der Waals surface area contributed by atoms with Gasteiger partial charge >= 0.3 is 0 Å². The van der Waals surface area contributed by atoms with Gasteiger partial charge in [-0.05, 0) is 35.7 Å². The predicted octanol–water partition coefficient (Wildman–Crippen LogP) is 4.26. The number of hydrogen-bond donors (Lipinski definition) is 0. The van der Waals surface area contributed by atoms with Gasteiger partial charge in [0, 0.05) is 0 Å². The van der Waals surface area contributed by atoms with Crippen molar-refractivity contribution < 1.29 is 0 Å². The van der Waals surface area contributed by atoms with Crippen molar-refractivity contribution in [2.24, 2.45) is 0 Å². The second kappa shape index (κ2) is 5.14. The lowest BCUT2D eigenvalue weighted by Crippen LogP contribution is -1.79. The molecule has 0 aliphatic heterocycles. The summed E-state index contributed by atoms with van der Waals surface area (Å²) >= 11 is 0. The van der Waals surface area contributed by atoms with Gasteiger partial charge < -0.3 is 0 Å². The summed E-state index contributed by atoms with van der Waals surface area (Å²) in [5.41, 5.74) is 4.20. The van der Waals surface area contributed by atoms with E-state index in [1.165, 1.54) is 11.1 Å². The standard InChI is InChI=1S/C16H13N/c1-2-3-13-4-8-15(9-5-13)16-10-6-14(12-17)7-11-16/h2-11H,1H3/b3-2-. The van der Waals surface area contributed by atoms with Crippen LogP contribution in [0.2, 0.25) is 0 Å². The fourth-order valence-corrected chi connectivity index (χ4v) is 1.72. The maximum absolute atomic E-state index is 8.74. The molecule has 0 saturated heterocycles. The highest BCUT2D eigenvalue weighted by atomic mass is 14.2. The molecule has 2 aromatic carbocycles. The third-order valence-corrected chi connectivity index (χ3v) is 2.62. The second-order valence-electron chi connectivity index (χ2n) is 3.81. The first kappa shape index (κ1) is 11.2. The van der Waals surface area contributed by atoms with E-state index in [1.807, 2.05) is 37.3 Å². The topological polar surface area (TPSA) is 23.8 Å². The summed E-state index contributed by atoms with van der Waals surface area (Å²) in [7, 11) is 0. The highest BCUT2D eigenvalue weighted by Crippen LogP contribution is 2.20. The van der Waals surface area contributed by atoms with Crippen molar-refractivity contribution >= 4 is 6.08 Å². The Labute approximate surface area is 102 Å². The van der Waals surface area contributed by atoms with Gasteiger partial charge in [-0.1, -0.05) is 48.6 Å². The Kier molecular flexibility index (Phi) is 3.37. The molecule has 2 rings (SSSR count). The molecule has 0 amide bonds. The van der Waals surface area contributed by atoms with Gasteiger partial charge in [-0.15, -0.1) is 0 Å². The van der Waals surface area contributed by atoms with Crippen LogP contribution >= 0.6 is 0 Å². The van der Waals surface area contributed by atoms with Crippen LogP contribution in [0.25, 0.3) is 17.2 Å². The van der Waals surface area contributed by atoms with Gasteiger partial charge in [-0.25, -0.2) is 0 Å². The highest BCUT2D eigenvalue weighted by Gasteiger charge is 1.97. The van der Waals surface area contributed by atoms with Gasteiger partial charge in [0.05, 0.1) is 11.6 Å². The number of nitriles is 1. The zero-order valence-electron chi connectivity index (χ0n) is 9.72. The minimum atomic E-state index is 0.694. The summed E-state index contributed by atoms with van der Waals surface area (Å²) in [6.07, 6.45) is 4.10. The summed E-state index contributed by atoms with van der Waals surface area (Å²) in [4.78, 5) is 0. The molecule has 0 bridgehead atoms. The highest BCUT2D eigenvalue weighted by molar-refractivity contribution is 5.66. The largest absolute Gasteiger partial charge is 0.192 e. The Morgan fingerprint density at radius 1 is 0.882 bits per heavy atom. The van der Waals surface area contributed by atoms with Crippen LogP contribution in [-0.2, 0) is 0 Å². The fraction of sp³-hybridized carbons (Fsp3) is 0.0625. The first-order valence-corrected chi connectivity index (χ1v) is 5.57. The number of rotatable bonds is 2. The summed E-state index contributed by atoms with van der Waals surface area (Å²) in [5, 5.41) is 8.74. The summed E-state index contributed by atoms with van der Waals surface area (Å²) < 4.78 is 0. The van der Waals surface area contributed by atoms with E-state index in [0.717, 1.165) is 5.56 Å². The molecule has 0 N–H and O–H groups in total. The molecule has 2 aromatic rings. The maximum atomic E-state index is 8.74. The molecular formula is C16H13N. The van der Waals surface area contributed by atoms with E-state index < -0.39 is 0 Å². The van der Waals surface area contributed by atoms with Crippen LogP contribution in [-0.4, -0.2) is 0 Å². The average Bonchev–Trinajstić information content (AvgIpc) is 2.40. The Hall–Kier alpha value is -2.33. The van der Waals surface area contributed by atoms with E-state index in [0.29, 0.717) is 5.56 Å². The van der Waals surface area contributed by atoms with E-state index in [9.17, 15) is 0 Å². The van der Waals surface area contributed by atoms with Crippen LogP contribution in [0.5, 0.6) is 0 Å². The van der Waals surface area contributed by atoms with Crippen LogP contribution < -0.4 is 0 Å². The Bertz CT molecular complexity index is 554. The van der Waals surface area contributed by atoms with Crippen molar-refractivity contribution in [1.82, 2.24) is 0 Å². The van der Waals surface area contributed by atoms with Gasteiger partial charge in [0.2, 0.25) is 0 Å².